The van der Waals surface area contributed by atoms with Crippen molar-refractivity contribution in [2.24, 2.45) is 0 Å². The highest BCUT2D eigenvalue weighted by molar-refractivity contribution is 6.30. The van der Waals surface area contributed by atoms with Crippen molar-refractivity contribution in [3.8, 4) is 5.75 Å². The third kappa shape index (κ3) is 4.49. The molecule has 0 unspecified atom stereocenters. The summed E-state index contributed by atoms with van der Waals surface area (Å²) in [5, 5.41) is 17.3. The van der Waals surface area contributed by atoms with Crippen molar-refractivity contribution in [3.05, 3.63) is 28.5 Å². The first-order valence-electron chi connectivity index (χ1n) is 5.41. The normalized spacial score (nSPS) is 13.7. The SMILES string of the molecule is O=C(O)CCF.Oc1c(F)cc(Cl)cc1C1CC1. The van der Waals surface area contributed by atoms with E-state index in [1.165, 1.54) is 0 Å². The Morgan fingerprint density at radius 2 is 2.06 bits per heavy atom. The van der Waals surface area contributed by atoms with Crippen LogP contribution in [-0.4, -0.2) is 22.9 Å². The third-order valence-corrected chi connectivity index (χ3v) is 2.60. The molecule has 1 aliphatic rings. The zero-order chi connectivity index (χ0) is 13.7. The summed E-state index contributed by atoms with van der Waals surface area (Å²) < 4.78 is 23.8. The molecule has 100 valence electrons. The molecule has 1 aromatic rings. The quantitative estimate of drug-likeness (QED) is 0.890. The summed E-state index contributed by atoms with van der Waals surface area (Å²) in [5.41, 5.74) is 0.653. The zero-order valence-corrected chi connectivity index (χ0v) is 10.3. The molecule has 0 atom stereocenters. The van der Waals surface area contributed by atoms with E-state index < -0.39 is 18.5 Å². The van der Waals surface area contributed by atoms with Crippen molar-refractivity contribution in [1.29, 1.82) is 0 Å². The van der Waals surface area contributed by atoms with E-state index in [4.69, 9.17) is 16.7 Å². The number of halogens is 3. The summed E-state index contributed by atoms with van der Waals surface area (Å²) in [6, 6.07) is 2.76. The van der Waals surface area contributed by atoms with Gasteiger partial charge in [-0.15, -0.1) is 0 Å². The predicted molar refractivity (Wildman–Crippen MR) is 63.3 cm³/mol. The number of rotatable bonds is 3. The van der Waals surface area contributed by atoms with Gasteiger partial charge in [0.05, 0.1) is 13.1 Å². The molecule has 6 heteroatoms. The first-order chi connectivity index (χ1) is 8.45. The summed E-state index contributed by atoms with van der Waals surface area (Å²) >= 11 is 5.64. The van der Waals surface area contributed by atoms with Crippen LogP contribution in [0, 0.1) is 5.82 Å². The van der Waals surface area contributed by atoms with Crippen LogP contribution in [0.5, 0.6) is 5.75 Å². The lowest BCUT2D eigenvalue weighted by molar-refractivity contribution is -0.137. The predicted octanol–water partition coefficient (Wildman–Crippen LogP) is 3.49. The van der Waals surface area contributed by atoms with Gasteiger partial charge in [-0.1, -0.05) is 11.6 Å². The van der Waals surface area contributed by atoms with E-state index in [-0.39, 0.29) is 12.2 Å². The second kappa shape index (κ2) is 6.54. The molecule has 0 aliphatic heterocycles. The molecule has 1 aliphatic carbocycles. The van der Waals surface area contributed by atoms with Crippen LogP contribution >= 0.6 is 11.6 Å². The molecule has 0 bridgehead atoms. The van der Waals surface area contributed by atoms with Crippen molar-refractivity contribution in [2.75, 3.05) is 6.67 Å². The van der Waals surface area contributed by atoms with Gasteiger partial charge < -0.3 is 10.2 Å². The van der Waals surface area contributed by atoms with Crippen LogP contribution < -0.4 is 0 Å². The van der Waals surface area contributed by atoms with Gasteiger partial charge in [0.2, 0.25) is 0 Å². The lowest BCUT2D eigenvalue weighted by Gasteiger charge is -2.03. The molecule has 18 heavy (non-hydrogen) atoms. The van der Waals surface area contributed by atoms with Gasteiger partial charge >= 0.3 is 5.97 Å². The molecule has 0 spiro atoms. The number of hydrogen-bond acceptors (Lipinski definition) is 2. The summed E-state index contributed by atoms with van der Waals surface area (Å²) in [5.74, 6) is -1.62. The van der Waals surface area contributed by atoms with Crippen LogP contribution in [0.4, 0.5) is 8.78 Å². The number of phenolic OH excluding ortho intramolecular Hbond substituents is 1. The minimum absolute atomic E-state index is 0.234. The molecule has 0 amide bonds. The Morgan fingerprint density at radius 1 is 1.44 bits per heavy atom. The number of phenols is 1. The molecule has 0 heterocycles. The Bertz CT molecular complexity index is 434. The third-order valence-electron chi connectivity index (χ3n) is 2.38. The second-order valence-electron chi connectivity index (χ2n) is 3.93. The topological polar surface area (TPSA) is 57.5 Å². The maximum Gasteiger partial charge on any atom is 0.305 e. The first-order valence-corrected chi connectivity index (χ1v) is 5.79. The lowest BCUT2D eigenvalue weighted by Crippen LogP contribution is -1.93. The van der Waals surface area contributed by atoms with E-state index in [0.717, 1.165) is 18.9 Å². The molecule has 2 rings (SSSR count). The van der Waals surface area contributed by atoms with Crippen molar-refractivity contribution in [3.63, 3.8) is 0 Å². The minimum Gasteiger partial charge on any atom is -0.505 e. The summed E-state index contributed by atoms with van der Waals surface area (Å²) in [6.07, 6.45) is 1.67. The molecule has 3 nitrogen and oxygen atoms in total. The fraction of sp³-hybridized carbons (Fsp3) is 0.417. The smallest absolute Gasteiger partial charge is 0.305 e. The number of carboxylic acid groups (broad SMARTS) is 1. The first kappa shape index (κ1) is 14.7. The van der Waals surface area contributed by atoms with E-state index in [9.17, 15) is 18.7 Å². The number of aromatic hydroxyl groups is 1. The maximum absolute atomic E-state index is 12.9. The van der Waals surface area contributed by atoms with Crippen LogP contribution in [0.2, 0.25) is 5.02 Å². The van der Waals surface area contributed by atoms with Crippen molar-refractivity contribution in [1.82, 2.24) is 0 Å². The monoisotopic (exact) mass is 278 g/mol. The number of benzene rings is 1. The van der Waals surface area contributed by atoms with E-state index in [1.54, 1.807) is 6.07 Å². The van der Waals surface area contributed by atoms with Gasteiger partial charge in [0.25, 0.3) is 0 Å². The Labute approximate surface area is 108 Å². The van der Waals surface area contributed by atoms with Crippen molar-refractivity contribution < 1.29 is 23.8 Å². The van der Waals surface area contributed by atoms with E-state index in [2.05, 4.69) is 0 Å². The van der Waals surface area contributed by atoms with E-state index in [1.807, 2.05) is 0 Å². The van der Waals surface area contributed by atoms with Gasteiger partial charge in [0.15, 0.2) is 11.6 Å². The van der Waals surface area contributed by atoms with E-state index >= 15 is 0 Å². The molecule has 0 saturated heterocycles. The van der Waals surface area contributed by atoms with Crippen LogP contribution in [-0.2, 0) is 4.79 Å². The second-order valence-corrected chi connectivity index (χ2v) is 4.37. The Hall–Kier alpha value is -1.36. The summed E-state index contributed by atoms with van der Waals surface area (Å²) in [7, 11) is 0. The van der Waals surface area contributed by atoms with Crippen LogP contribution in [0.25, 0.3) is 0 Å². The molecule has 2 N–H and O–H groups in total. The van der Waals surface area contributed by atoms with Gasteiger partial charge in [-0.3, -0.25) is 9.18 Å². The van der Waals surface area contributed by atoms with Gasteiger partial charge in [0, 0.05) is 10.6 Å². The molecule has 1 aromatic carbocycles. The van der Waals surface area contributed by atoms with Gasteiger partial charge in [-0.05, 0) is 30.9 Å². The van der Waals surface area contributed by atoms with Crippen molar-refractivity contribution >= 4 is 17.6 Å². The summed E-state index contributed by atoms with van der Waals surface area (Å²) in [4.78, 5) is 9.36. The number of carbonyl (C=O) groups is 1. The Kier molecular flexibility index (Phi) is 5.34. The van der Waals surface area contributed by atoms with Crippen LogP contribution in [0.3, 0.4) is 0 Å². The molecule has 0 radical (unpaired) electrons. The van der Waals surface area contributed by atoms with Gasteiger partial charge in [-0.25, -0.2) is 4.39 Å². The Morgan fingerprint density at radius 3 is 2.44 bits per heavy atom. The van der Waals surface area contributed by atoms with Crippen molar-refractivity contribution in [2.45, 2.75) is 25.2 Å². The number of hydrogen-bond donors (Lipinski definition) is 2. The van der Waals surface area contributed by atoms with Gasteiger partial charge in [0.1, 0.15) is 0 Å². The van der Waals surface area contributed by atoms with Crippen LogP contribution in [0.15, 0.2) is 12.1 Å². The Balaban J connectivity index is 0.000000232. The zero-order valence-electron chi connectivity index (χ0n) is 9.50. The number of alkyl halides is 1. The largest absolute Gasteiger partial charge is 0.505 e. The minimum atomic E-state index is -1.09. The molecular weight excluding hydrogens is 266 g/mol. The molecule has 1 saturated carbocycles. The lowest BCUT2D eigenvalue weighted by atomic mass is 10.1. The van der Waals surface area contributed by atoms with Crippen LogP contribution in [0.1, 0.15) is 30.7 Å². The molecule has 0 aromatic heterocycles. The average Bonchev–Trinajstić information content (AvgIpc) is 3.07. The standard InChI is InChI=1S/C9H8ClFO.C3H5FO2/c10-6-3-7(5-1-2-5)9(12)8(11)4-6;4-2-1-3(5)6/h3-5,12H,1-2H2;1-2H2,(H,5,6). The van der Waals surface area contributed by atoms with Gasteiger partial charge in [-0.2, -0.15) is 0 Å². The molecule has 1 fully saturated rings. The highest BCUT2D eigenvalue weighted by Crippen LogP contribution is 2.45. The average molecular weight is 279 g/mol. The number of aliphatic carboxylic acids is 1. The fourth-order valence-corrected chi connectivity index (χ4v) is 1.59. The fourth-order valence-electron chi connectivity index (χ4n) is 1.37. The maximum atomic E-state index is 12.9. The molecular formula is C12H13ClF2O3. The highest BCUT2D eigenvalue weighted by atomic mass is 35.5. The number of carboxylic acids is 1. The van der Waals surface area contributed by atoms with E-state index in [0.29, 0.717) is 16.5 Å². The highest BCUT2D eigenvalue weighted by Gasteiger charge is 2.27. The summed E-state index contributed by atoms with van der Waals surface area (Å²) in [6.45, 7) is -0.769.